The molecule has 26 heavy (non-hydrogen) atoms. The van der Waals surface area contributed by atoms with E-state index in [2.05, 4.69) is 71.8 Å². The van der Waals surface area contributed by atoms with E-state index in [0.717, 1.165) is 45.2 Å². The molecule has 0 fully saturated rings. The molecule has 0 radical (unpaired) electrons. The van der Waals surface area contributed by atoms with Gasteiger partial charge in [-0.05, 0) is 24.9 Å². The lowest BCUT2D eigenvalue weighted by Gasteiger charge is -2.23. The van der Waals surface area contributed by atoms with E-state index in [4.69, 9.17) is 4.74 Å². The molecule has 1 rings (SSSR count). The van der Waals surface area contributed by atoms with Crippen molar-refractivity contribution in [3.05, 3.63) is 35.9 Å². The van der Waals surface area contributed by atoms with Gasteiger partial charge in [-0.15, -0.1) is 24.0 Å². The summed E-state index contributed by atoms with van der Waals surface area (Å²) in [4.78, 5) is 6.65. The molecule has 6 heteroatoms. The quantitative estimate of drug-likeness (QED) is 0.223. The standard InChI is InChI=1S/C20H36N4O.HI/c1-17(2)19(18-10-7-6-8-11-18)16-23-20(21-3)22-12-14-24(4)13-9-15-25-5;/h6-8,10-11,17,19H,9,12-16H2,1-5H3,(H2,21,22,23);1H. The number of benzene rings is 1. The van der Waals surface area contributed by atoms with Crippen LogP contribution in [0.25, 0.3) is 0 Å². The normalized spacial score (nSPS) is 12.8. The Balaban J connectivity index is 0.00000625. The summed E-state index contributed by atoms with van der Waals surface area (Å²) in [5.74, 6) is 1.91. The van der Waals surface area contributed by atoms with E-state index in [1.165, 1.54) is 5.56 Å². The van der Waals surface area contributed by atoms with Crippen molar-refractivity contribution in [2.75, 3.05) is 54.0 Å². The molecule has 0 aliphatic heterocycles. The van der Waals surface area contributed by atoms with Gasteiger partial charge < -0.3 is 20.3 Å². The van der Waals surface area contributed by atoms with Crippen LogP contribution in [0.1, 0.15) is 31.7 Å². The number of rotatable bonds is 11. The van der Waals surface area contributed by atoms with Crippen LogP contribution in [0, 0.1) is 5.92 Å². The molecule has 150 valence electrons. The van der Waals surface area contributed by atoms with E-state index in [0.29, 0.717) is 11.8 Å². The van der Waals surface area contributed by atoms with Crippen molar-refractivity contribution in [2.45, 2.75) is 26.2 Å². The summed E-state index contributed by atoms with van der Waals surface area (Å²) >= 11 is 0. The Hall–Kier alpha value is -0.860. The van der Waals surface area contributed by atoms with E-state index in [9.17, 15) is 0 Å². The number of halogens is 1. The van der Waals surface area contributed by atoms with Gasteiger partial charge >= 0.3 is 0 Å². The molecule has 0 spiro atoms. The molecular formula is C20H37IN4O. The first kappa shape index (κ1) is 25.1. The van der Waals surface area contributed by atoms with Crippen LogP contribution in [0.3, 0.4) is 0 Å². The minimum Gasteiger partial charge on any atom is -0.385 e. The molecule has 2 N–H and O–H groups in total. The Labute approximate surface area is 177 Å². The highest BCUT2D eigenvalue weighted by atomic mass is 127. The fourth-order valence-corrected chi connectivity index (χ4v) is 2.82. The SMILES string of the molecule is CN=C(NCCN(C)CCCOC)NCC(c1ccccc1)C(C)C.I. The lowest BCUT2D eigenvalue weighted by Crippen LogP contribution is -2.43. The summed E-state index contributed by atoms with van der Waals surface area (Å²) in [5, 5.41) is 6.88. The number of nitrogens with one attached hydrogen (secondary N) is 2. The average Bonchev–Trinajstić information content (AvgIpc) is 2.61. The Morgan fingerprint density at radius 3 is 2.42 bits per heavy atom. The predicted octanol–water partition coefficient (Wildman–Crippen LogP) is 3.18. The molecule has 0 aromatic heterocycles. The molecule has 1 aromatic rings. The number of hydrogen-bond donors (Lipinski definition) is 2. The first-order valence-corrected chi connectivity index (χ1v) is 9.25. The Morgan fingerprint density at radius 2 is 1.85 bits per heavy atom. The monoisotopic (exact) mass is 476 g/mol. The average molecular weight is 476 g/mol. The number of aliphatic imine (C=N–C) groups is 1. The molecule has 0 heterocycles. The minimum atomic E-state index is 0. The third-order valence-corrected chi connectivity index (χ3v) is 4.42. The summed E-state index contributed by atoms with van der Waals surface area (Å²) in [6, 6.07) is 10.7. The zero-order valence-electron chi connectivity index (χ0n) is 17.0. The van der Waals surface area contributed by atoms with Crippen LogP contribution in [0.15, 0.2) is 35.3 Å². The van der Waals surface area contributed by atoms with E-state index in [1.54, 1.807) is 7.11 Å². The predicted molar refractivity (Wildman–Crippen MR) is 123 cm³/mol. The molecule has 0 saturated heterocycles. The van der Waals surface area contributed by atoms with Gasteiger partial charge in [-0.3, -0.25) is 4.99 Å². The largest absolute Gasteiger partial charge is 0.385 e. The highest BCUT2D eigenvalue weighted by molar-refractivity contribution is 14.0. The van der Waals surface area contributed by atoms with Crippen molar-refractivity contribution in [1.82, 2.24) is 15.5 Å². The van der Waals surface area contributed by atoms with Gasteiger partial charge in [0, 0.05) is 52.9 Å². The summed E-state index contributed by atoms with van der Waals surface area (Å²) < 4.78 is 5.09. The number of methoxy groups -OCH3 is 1. The minimum absolute atomic E-state index is 0. The maximum atomic E-state index is 5.09. The van der Waals surface area contributed by atoms with Crippen LogP contribution >= 0.6 is 24.0 Å². The zero-order valence-corrected chi connectivity index (χ0v) is 19.3. The molecular weight excluding hydrogens is 439 g/mol. The van der Waals surface area contributed by atoms with Gasteiger partial charge in [0.15, 0.2) is 5.96 Å². The number of ether oxygens (including phenoxy) is 1. The van der Waals surface area contributed by atoms with Crippen molar-refractivity contribution < 1.29 is 4.74 Å². The number of likely N-dealkylation sites (N-methyl/N-ethyl adjacent to an activating group) is 1. The second-order valence-electron chi connectivity index (χ2n) is 6.79. The van der Waals surface area contributed by atoms with Crippen LogP contribution in [-0.2, 0) is 4.74 Å². The van der Waals surface area contributed by atoms with Gasteiger partial charge in [-0.1, -0.05) is 44.2 Å². The maximum absolute atomic E-state index is 5.09. The molecule has 1 atom stereocenters. The van der Waals surface area contributed by atoms with Crippen LogP contribution in [0.4, 0.5) is 0 Å². The van der Waals surface area contributed by atoms with Gasteiger partial charge in [-0.25, -0.2) is 0 Å². The molecule has 1 aromatic carbocycles. The lowest BCUT2D eigenvalue weighted by atomic mass is 9.88. The van der Waals surface area contributed by atoms with Crippen molar-refractivity contribution in [2.24, 2.45) is 10.9 Å². The second-order valence-corrected chi connectivity index (χ2v) is 6.79. The number of nitrogens with zero attached hydrogens (tertiary/aromatic N) is 2. The third kappa shape index (κ3) is 10.3. The van der Waals surface area contributed by atoms with Crippen LogP contribution < -0.4 is 10.6 Å². The van der Waals surface area contributed by atoms with E-state index in [1.807, 2.05) is 7.05 Å². The summed E-state index contributed by atoms with van der Waals surface area (Å²) in [6.45, 7) is 9.14. The molecule has 0 aliphatic rings. The lowest BCUT2D eigenvalue weighted by molar-refractivity contribution is 0.180. The van der Waals surface area contributed by atoms with E-state index in [-0.39, 0.29) is 24.0 Å². The fourth-order valence-electron chi connectivity index (χ4n) is 2.82. The van der Waals surface area contributed by atoms with Gasteiger partial charge in [0.1, 0.15) is 0 Å². The molecule has 0 bridgehead atoms. The number of hydrogen-bond acceptors (Lipinski definition) is 3. The molecule has 0 amide bonds. The van der Waals surface area contributed by atoms with Crippen molar-refractivity contribution in [3.8, 4) is 0 Å². The first-order chi connectivity index (χ1) is 12.1. The topological polar surface area (TPSA) is 48.9 Å². The summed E-state index contributed by atoms with van der Waals surface area (Å²) in [7, 11) is 5.71. The van der Waals surface area contributed by atoms with Gasteiger partial charge in [0.2, 0.25) is 0 Å². The first-order valence-electron chi connectivity index (χ1n) is 9.25. The highest BCUT2D eigenvalue weighted by Gasteiger charge is 2.15. The van der Waals surface area contributed by atoms with Gasteiger partial charge in [0.25, 0.3) is 0 Å². The zero-order chi connectivity index (χ0) is 18.5. The highest BCUT2D eigenvalue weighted by Crippen LogP contribution is 2.23. The smallest absolute Gasteiger partial charge is 0.191 e. The fraction of sp³-hybridized carbons (Fsp3) is 0.650. The third-order valence-electron chi connectivity index (χ3n) is 4.42. The van der Waals surface area contributed by atoms with Crippen LogP contribution in [-0.4, -0.2) is 64.9 Å². The molecule has 0 aliphatic carbocycles. The van der Waals surface area contributed by atoms with Crippen molar-refractivity contribution >= 4 is 29.9 Å². The van der Waals surface area contributed by atoms with Gasteiger partial charge in [-0.2, -0.15) is 0 Å². The molecule has 5 nitrogen and oxygen atoms in total. The van der Waals surface area contributed by atoms with Crippen molar-refractivity contribution in [1.29, 1.82) is 0 Å². The van der Waals surface area contributed by atoms with Crippen LogP contribution in [0.2, 0.25) is 0 Å². The molecule has 1 unspecified atom stereocenters. The molecule has 0 saturated carbocycles. The Bertz CT molecular complexity index is 482. The van der Waals surface area contributed by atoms with E-state index >= 15 is 0 Å². The number of guanidine groups is 1. The second kappa shape index (κ2) is 15.2. The maximum Gasteiger partial charge on any atom is 0.191 e. The van der Waals surface area contributed by atoms with Crippen LogP contribution in [0.5, 0.6) is 0 Å². The van der Waals surface area contributed by atoms with E-state index < -0.39 is 0 Å². The van der Waals surface area contributed by atoms with Crippen molar-refractivity contribution in [3.63, 3.8) is 0 Å². The Morgan fingerprint density at radius 1 is 1.15 bits per heavy atom. The van der Waals surface area contributed by atoms with Gasteiger partial charge in [0.05, 0.1) is 0 Å². The summed E-state index contributed by atoms with van der Waals surface area (Å²) in [6.07, 6.45) is 1.06. The Kier molecular flexibility index (Phi) is 14.7. The summed E-state index contributed by atoms with van der Waals surface area (Å²) in [5.41, 5.74) is 1.37.